The zero-order valence-electron chi connectivity index (χ0n) is 13.9. The first kappa shape index (κ1) is 14.0. The molecule has 0 aromatic heterocycles. The molecule has 2 fully saturated rings. The molecule has 1 saturated carbocycles. The predicted octanol–water partition coefficient (Wildman–Crippen LogP) is 4.79. The van der Waals surface area contributed by atoms with Crippen LogP contribution in [0.4, 0.5) is 0 Å². The Hall–Kier alpha value is -1.57. The van der Waals surface area contributed by atoms with Crippen molar-refractivity contribution < 1.29 is 9.53 Å². The van der Waals surface area contributed by atoms with Gasteiger partial charge < -0.3 is 4.74 Å². The molecule has 22 heavy (non-hydrogen) atoms. The van der Waals surface area contributed by atoms with Crippen LogP contribution >= 0.6 is 0 Å². The van der Waals surface area contributed by atoms with Gasteiger partial charge in [-0.3, -0.25) is 4.79 Å². The summed E-state index contributed by atoms with van der Waals surface area (Å²) in [5.41, 5.74) is 3.68. The summed E-state index contributed by atoms with van der Waals surface area (Å²) in [4.78, 5) is 12.5. The van der Waals surface area contributed by atoms with Gasteiger partial charge in [0.2, 0.25) is 0 Å². The van der Waals surface area contributed by atoms with Gasteiger partial charge in [0.1, 0.15) is 5.76 Å². The summed E-state index contributed by atoms with van der Waals surface area (Å²) in [6.45, 7) is 8.87. The molecular weight excluding hydrogens is 272 g/mol. The Labute approximate surface area is 132 Å². The third kappa shape index (κ3) is 1.59. The van der Waals surface area contributed by atoms with Crippen molar-refractivity contribution in [2.75, 3.05) is 0 Å². The van der Waals surface area contributed by atoms with E-state index in [0.29, 0.717) is 5.92 Å². The van der Waals surface area contributed by atoms with Gasteiger partial charge in [-0.05, 0) is 48.4 Å². The number of rotatable bonds is 1. The van der Waals surface area contributed by atoms with Crippen molar-refractivity contribution in [3.8, 4) is 0 Å². The smallest absolute Gasteiger partial charge is 0.317 e. The van der Waals surface area contributed by atoms with Crippen LogP contribution in [0.2, 0.25) is 0 Å². The average Bonchev–Trinajstić information content (AvgIpc) is 2.71. The summed E-state index contributed by atoms with van der Waals surface area (Å²) < 4.78 is 5.73. The van der Waals surface area contributed by atoms with E-state index in [0.717, 1.165) is 25.0 Å². The molecule has 2 nitrogen and oxygen atoms in total. The number of hydrogen-bond donors (Lipinski definition) is 0. The molecular formula is C20H24O2. The van der Waals surface area contributed by atoms with Crippen LogP contribution in [0, 0.1) is 11.3 Å². The zero-order valence-corrected chi connectivity index (χ0v) is 13.9. The number of esters is 1. The van der Waals surface area contributed by atoms with Gasteiger partial charge in [-0.25, -0.2) is 0 Å². The quantitative estimate of drug-likeness (QED) is 0.697. The number of fused-ring (bicyclic) bond motifs is 2. The minimum absolute atomic E-state index is 0.0217. The van der Waals surface area contributed by atoms with Gasteiger partial charge in [0, 0.05) is 11.3 Å². The first-order valence-corrected chi connectivity index (χ1v) is 8.44. The molecule has 1 saturated heterocycles. The van der Waals surface area contributed by atoms with Gasteiger partial charge in [0.25, 0.3) is 0 Å². The van der Waals surface area contributed by atoms with E-state index in [1.54, 1.807) is 0 Å². The van der Waals surface area contributed by atoms with Crippen LogP contribution in [0.1, 0.15) is 69.6 Å². The van der Waals surface area contributed by atoms with Crippen LogP contribution in [0.15, 0.2) is 24.0 Å². The fraction of sp³-hybridized carbons (Fsp3) is 0.550. The maximum atomic E-state index is 12.5. The number of hydrogen-bond acceptors (Lipinski definition) is 2. The number of benzene rings is 1. The molecule has 1 aromatic carbocycles. The van der Waals surface area contributed by atoms with Crippen molar-refractivity contribution in [2.24, 2.45) is 11.3 Å². The SMILES string of the molecule is CC(C)c1ccc2c(c1)C=C1OC(=O)[C@]3(C)CCC[C@@]2(C)C13. The highest BCUT2D eigenvalue weighted by Crippen LogP contribution is 2.62. The lowest BCUT2D eigenvalue weighted by atomic mass is 9.52. The van der Waals surface area contributed by atoms with Crippen molar-refractivity contribution >= 4 is 12.0 Å². The minimum atomic E-state index is -0.340. The second-order valence-corrected chi connectivity index (χ2v) is 8.06. The fourth-order valence-electron chi connectivity index (χ4n) is 5.08. The topological polar surface area (TPSA) is 26.3 Å². The largest absolute Gasteiger partial charge is 0.430 e. The van der Waals surface area contributed by atoms with E-state index in [9.17, 15) is 4.79 Å². The van der Waals surface area contributed by atoms with Crippen LogP contribution in [0.5, 0.6) is 0 Å². The molecule has 1 unspecified atom stereocenters. The molecule has 0 spiro atoms. The predicted molar refractivity (Wildman–Crippen MR) is 87.4 cm³/mol. The van der Waals surface area contributed by atoms with Crippen LogP contribution < -0.4 is 0 Å². The molecule has 3 atom stereocenters. The van der Waals surface area contributed by atoms with Gasteiger partial charge in [-0.2, -0.15) is 0 Å². The first-order valence-electron chi connectivity index (χ1n) is 8.44. The molecule has 116 valence electrons. The summed E-state index contributed by atoms with van der Waals surface area (Å²) in [7, 11) is 0. The van der Waals surface area contributed by atoms with Crippen LogP contribution in [0.25, 0.3) is 6.08 Å². The molecule has 1 heterocycles. The maximum absolute atomic E-state index is 12.5. The number of allylic oxidation sites excluding steroid dienone is 1. The Kier molecular flexibility index (Phi) is 2.71. The summed E-state index contributed by atoms with van der Waals surface area (Å²) >= 11 is 0. The third-order valence-electron chi connectivity index (χ3n) is 6.28. The summed E-state index contributed by atoms with van der Waals surface area (Å²) in [6.07, 6.45) is 5.30. The molecule has 0 N–H and O–H groups in total. The van der Waals surface area contributed by atoms with E-state index < -0.39 is 0 Å². The van der Waals surface area contributed by atoms with Gasteiger partial charge in [0.15, 0.2) is 0 Å². The van der Waals surface area contributed by atoms with Gasteiger partial charge in [0.05, 0.1) is 5.41 Å². The Morgan fingerprint density at radius 2 is 1.91 bits per heavy atom. The fourth-order valence-corrected chi connectivity index (χ4v) is 5.08. The van der Waals surface area contributed by atoms with Crippen LogP contribution in [-0.4, -0.2) is 5.97 Å². The first-order chi connectivity index (χ1) is 10.4. The Morgan fingerprint density at radius 1 is 1.18 bits per heavy atom. The molecule has 4 rings (SSSR count). The normalized spacial score (nSPS) is 35.8. The monoisotopic (exact) mass is 296 g/mol. The number of ether oxygens (including phenoxy) is 1. The average molecular weight is 296 g/mol. The van der Waals surface area contributed by atoms with Crippen molar-refractivity contribution in [1.29, 1.82) is 0 Å². The molecule has 0 bridgehead atoms. The summed E-state index contributed by atoms with van der Waals surface area (Å²) in [6, 6.07) is 6.84. The molecule has 3 aliphatic rings. The van der Waals surface area contributed by atoms with E-state index in [1.807, 2.05) is 0 Å². The van der Waals surface area contributed by atoms with Crippen LogP contribution in [0.3, 0.4) is 0 Å². The highest BCUT2D eigenvalue weighted by molar-refractivity contribution is 5.85. The Bertz CT molecular complexity index is 700. The lowest BCUT2D eigenvalue weighted by molar-refractivity contribution is -0.145. The van der Waals surface area contributed by atoms with Gasteiger partial charge >= 0.3 is 5.97 Å². The van der Waals surface area contributed by atoms with E-state index >= 15 is 0 Å². The van der Waals surface area contributed by atoms with E-state index in [-0.39, 0.29) is 22.7 Å². The molecule has 2 heteroatoms. The van der Waals surface area contributed by atoms with Gasteiger partial charge in [-0.15, -0.1) is 0 Å². The summed E-state index contributed by atoms with van der Waals surface area (Å²) in [5, 5.41) is 0. The van der Waals surface area contributed by atoms with E-state index in [4.69, 9.17) is 4.74 Å². The summed E-state index contributed by atoms with van der Waals surface area (Å²) in [5.74, 6) is 1.60. The molecule has 0 radical (unpaired) electrons. The van der Waals surface area contributed by atoms with Crippen molar-refractivity contribution in [3.63, 3.8) is 0 Å². The highest BCUT2D eigenvalue weighted by atomic mass is 16.5. The number of carbonyl (C=O) groups excluding carboxylic acids is 1. The van der Waals surface area contributed by atoms with Gasteiger partial charge in [-0.1, -0.05) is 45.4 Å². The van der Waals surface area contributed by atoms with Crippen molar-refractivity contribution in [1.82, 2.24) is 0 Å². The maximum Gasteiger partial charge on any atom is 0.317 e. The standard InChI is InChI=1S/C20H24O2/c1-12(2)13-6-7-15-14(10-13)11-16-17-19(15,3)8-5-9-20(17,4)18(21)22-16/h6-7,10-12,17H,5,8-9H2,1-4H3/t17?,19-,20-/m1/s1. The Morgan fingerprint density at radius 3 is 2.64 bits per heavy atom. The molecule has 2 aliphatic carbocycles. The second kappa shape index (κ2) is 4.24. The van der Waals surface area contributed by atoms with E-state index in [2.05, 4.69) is 52.0 Å². The third-order valence-corrected chi connectivity index (χ3v) is 6.28. The van der Waals surface area contributed by atoms with Crippen molar-refractivity contribution in [3.05, 3.63) is 40.6 Å². The molecule has 0 amide bonds. The number of carbonyl (C=O) groups is 1. The van der Waals surface area contributed by atoms with E-state index in [1.165, 1.54) is 16.7 Å². The second-order valence-electron chi connectivity index (χ2n) is 8.06. The lowest BCUT2D eigenvalue weighted by Crippen LogP contribution is -2.47. The lowest BCUT2D eigenvalue weighted by Gasteiger charge is -2.48. The highest BCUT2D eigenvalue weighted by Gasteiger charge is 2.62. The zero-order chi connectivity index (χ0) is 15.7. The minimum Gasteiger partial charge on any atom is -0.430 e. The van der Waals surface area contributed by atoms with Crippen LogP contribution in [-0.2, 0) is 14.9 Å². The molecule has 1 aromatic rings. The molecule has 1 aliphatic heterocycles. The Balaban J connectivity index is 1.94. The van der Waals surface area contributed by atoms with Crippen molar-refractivity contribution in [2.45, 2.75) is 58.3 Å².